The first-order valence-electron chi connectivity index (χ1n) is 4.17. The van der Waals surface area contributed by atoms with E-state index >= 15 is 0 Å². The number of aliphatic hydroxyl groups is 1. The van der Waals surface area contributed by atoms with E-state index in [1.54, 1.807) is 0 Å². The van der Waals surface area contributed by atoms with Crippen molar-refractivity contribution >= 4 is 11.7 Å². The molecule has 0 saturated heterocycles. The van der Waals surface area contributed by atoms with E-state index in [-0.39, 0.29) is 0 Å². The van der Waals surface area contributed by atoms with E-state index in [0.717, 1.165) is 25.3 Å². The number of benzene rings is 1. The number of ether oxygens (including phenoxy) is 1. The van der Waals surface area contributed by atoms with Gasteiger partial charge in [-0.2, -0.15) is 0 Å². The highest BCUT2D eigenvalue weighted by molar-refractivity contribution is 5.77. The monoisotopic (exact) mass is 229 g/mol. The lowest BCUT2D eigenvalue weighted by atomic mass is 10.1. The fourth-order valence-electron chi connectivity index (χ4n) is 1.15. The summed E-state index contributed by atoms with van der Waals surface area (Å²) in [7, 11) is 1.01. The van der Waals surface area contributed by atoms with Crippen LogP contribution in [0, 0.1) is 15.9 Å². The number of nitro benzene ring substituents is 1. The third-order valence-corrected chi connectivity index (χ3v) is 1.91. The van der Waals surface area contributed by atoms with Crippen LogP contribution in [0.15, 0.2) is 18.2 Å². The molecule has 0 aliphatic heterocycles. The molecule has 1 aromatic carbocycles. The molecular weight excluding hydrogens is 221 g/mol. The summed E-state index contributed by atoms with van der Waals surface area (Å²) < 4.78 is 17.1. The SMILES string of the molecule is COC(=O)C(O)c1cc(F)ccc1[N+](=O)[O-]. The first-order chi connectivity index (χ1) is 7.47. The highest BCUT2D eigenvalue weighted by atomic mass is 19.1. The third-order valence-electron chi connectivity index (χ3n) is 1.91. The number of hydrogen-bond donors (Lipinski definition) is 1. The lowest BCUT2D eigenvalue weighted by Gasteiger charge is -2.08. The van der Waals surface area contributed by atoms with E-state index in [2.05, 4.69) is 4.74 Å². The Hall–Kier alpha value is -2.02. The van der Waals surface area contributed by atoms with E-state index < -0.39 is 34.1 Å². The second-order valence-electron chi connectivity index (χ2n) is 2.89. The fraction of sp³-hybridized carbons (Fsp3) is 0.222. The van der Waals surface area contributed by atoms with Gasteiger partial charge in [0.25, 0.3) is 5.69 Å². The van der Waals surface area contributed by atoms with Crippen LogP contribution in [0.4, 0.5) is 10.1 Å². The van der Waals surface area contributed by atoms with Gasteiger partial charge in [0, 0.05) is 6.07 Å². The van der Waals surface area contributed by atoms with Crippen molar-refractivity contribution in [2.24, 2.45) is 0 Å². The summed E-state index contributed by atoms with van der Waals surface area (Å²) in [6, 6.07) is 2.46. The second-order valence-corrected chi connectivity index (χ2v) is 2.89. The molecule has 0 heterocycles. The van der Waals surface area contributed by atoms with Gasteiger partial charge in [-0.25, -0.2) is 9.18 Å². The zero-order valence-electron chi connectivity index (χ0n) is 8.21. The summed E-state index contributed by atoms with van der Waals surface area (Å²) in [5, 5.41) is 20.0. The van der Waals surface area contributed by atoms with Crippen LogP contribution >= 0.6 is 0 Å². The molecule has 7 heteroatoms. The molecule has 0 aliphatic carbocycles. The zero-order valence-corrected chi connectivity index (χ0v) is 8.21. The van der Waals surface area contributed by atoms with E-state index in [1.807, 2.05) is 0 Å². The van der Waals surface area contributed by atoms with Crippen LogP contribution in [0.5, 0.6) is 0 Å². The average Bonchev–Trinajstić information content (AvgIpc) is 2.26. The molecule has 1 unspecified atom stereocenters. The van der Waals surface area contributed by atoms with Crippen molar-refractivity contribution in [2.75, 3.05) is 7.11 Å². The molecule has 1 atom stereocenters. The molecule has 0 aromatic heterocycles. The van der Waals surface area contributed by atoms with E-state index in [4.69, 9.17) is 0 Å². The van der Waals surface area contributed by atoms with Crippen LogP contribution < -0.4 is 0 Å². The predicted molar refractivity (Wildman–Crippen MR) is 50.0 cm³/mol. The van der Waals surface area contributed by atoms with Crippen LogP contribution in [-0.4, -0.2) is 23.1 Å². The van der Waals surface area contributed by atoms with Crippen molar-refractivity contribution in [3.8, 4) is 0 Å². The molecule has 1 aromatic rings. The second kappa shape index (κ2) is 4.67. The van der Waals surface area contributed by atoms with Crippen LogP contribution in [-0.2, 0) is 9.53 Å². The standard InChI is InChI=1S/C9H8FNO5/c1-16-9(13)8(12)6-4-5(10)2-3-7(6)11(14)15/h2-4,8,12H,1H3. The Labute approximate surface area is 89.4 Å². The highest BCUT2D eigenvalue weighted by Gasteiger charge is 2.27. The lowest BCUT2D eigenvalue weighted by molar-refractivity contribution is -0.386. The Balaban J connectivity index is 3.24. The van der Waals surface area contributed by atoms with Gasteiger partial charge in [-0.3, -0.25) is 10.1 Å². The maximum absolute atomic E-state index is 12.9. The zero-order chi connectivity index (χ0) is 12.3. The molecule has 0 saturated carbocycles. The summed E-state index contributed by atoms with van der Waals surface area (Å²) in [4.78, 5) is 20.7. The normalized spacial score (nSPS) is 11.9. The Kier molecular flexibility index (Phi) is 3.51. The maximum Gasteiger partial charge on any atom is 0.339 e. The van der Waals surface area contributed by atoms with Gasteiger partial charge >= 0.3 is 5.97 Å². The number of halogens is 1. The number of esters is 1. The van der Waals surface area contributed by atoms with Crippen LogP contribution in [0.25, 0.3) is 0 Å². The van der Waals surface area contributed by atoms with Gasteiger partial charge < -0.3 is 9.84 Å². The molecule has 0 aliphatic rings. The van der Waals surface area contributed by atoms with Crippen molar-refractivity contribution < 1.29 is 24.0 Å². The van der Waals surface area contributed by atoms with Gasteiger partial charge in [0.2, 0.25) is 0 Å². The number of nitrogens with zero attached hydrogens (tertiary/aromatic N) is 1. The fourth-order valence-corrected chi connectivity index (χ4v) is 1.15. The summed E-state index contributed by atoms with van der Waals surface area (Å²) in [6.07, 6.45) is -1.87. The molecular formula is C9H8FNO5. The molecule has 16 heavy (non-hydrogen) atoms. The summed E-state index contributed by atoms with van der Waals surface area (Å²) in [5.41, 5.74) is -0.976. The first-order valence-corrected chi connectivity index (χ1v) is 4.17. The van der Waals surface area contributed by atoms with Gasteiger partial charge in [-0.15, -0.1) is 0 Å². The van der Waals surface area contributed by atoms with Gasteiger partial charge in [0.1, 0.15) is 5.82 Å². The number of carbonyl (C=O) groups excluding carboxylic acids is 1. The van der Waals surface area contributed by atoms with Gasteiger partial charge in [-0.05, 0) is 12.1 Å². The molecule has 86 valence electrons. The summed E-state index contributed by atoms with van der Waals surface area (Å²) in [6.45, 7) is 0. The minimum Gasteiger partial charge on any atom is -0.467 e. The average molecular weight is 229 g/mol. The molecule has 1 rings (SSSR count). The maximum atomic E-state index is 12.9. The van der Waals surface area contributed by atoms with Crippen LogP contribution in [0.2, 0.25) is 0 Å². The number of carbonyl (C=O) groups is 1. The van der Waals surface area contributed by atoms with E-state index in [9.17, 15) is 24.4 Å². The Bertz CT molecular complexity index is 434. The lowest BCUT2D eigenvalue weighted by Crippen LogP contribution is -2.15. The molecule has 6 nitrogen and oxygen atoms in total. The van der Waals surface area contributed by atoms with Gasteiger partial charge in [-0.1, -0.05) is 0 Å². The number of nitro groups is 1. The number of rotatable bonds is 3. The van der Waals surface area contributed by atoms with Crippen molar-refractivity contribution in [2.45, 2.75) is 6.10 Å². The van der Waals surface area contributed by atoms with E-state index in [0.29, 0.717) is 0 Å². The Morgan fingerprint density at radius 2 is 2.25 bits per heavy atom. The largest absolute Gasteiger partial charge is 0.467 e. The topological polar surface area (TPSA) is 89.7 Å². The van der Waals surface area contributed by atoms with Crippen LogP contribution in [0.3, 0.4) is 0 Å². The molecule has 0 spiro atoms. The minimum absolute atomic E-state index is 0.433. The molecule has 0 fully saturated rings. The molecule has 0 radical (unpaired) electrons. The van der Waals surface area contributed by atoms with Crippen molar-refractivity contribution in [3.05, 3.63) is 39.7 Å². The Morgan fingerprint density at radius 3 is 2.75 bits per heavy atom. The molecule has 1 N–H and O–H groups in total. The molecule has 0 bridgehead atoms. The summed E-state index contributed by atoms with van der Waals surface area (Å²) >= 11 is 0. The van der Waals surface area contributed by atoms with Crippen molar-refractivity contribution in [3.63, 3.8) is 0 Å². The quantitative estimate of drug-likeness (QED) is 0.473. The summed E-state index contributed by atoms with van der Waals surface area (Å²) in [5.74, 6) is -1.88. The highest BCUT2D eigenvalue weighted by Crippen LogP contribution is 2.26. The van der Waals surface area contributed by atoms with Gasteiger partial charge in [0.05, 0.1) is 17.6 Å². The van der Waals surface area contributed by atoms with E-state index in [1.165, 1.54) is 0 Å². The number of hydrogen-bond acceptors (Lipinski definition) is 5. The predicted octanol–water partition coefficient (Wildman–Crippen LogP) is 0.940. The first kappa shape index (κ1) is 12.1. The van der Waals surface area contributed by atoms with Crippen molar-refractivity contribution in [1.29, 1.82) is 0 Å². The number of aliphatic hydroxyl groups excluding tert-OH is 1. The third kappa shape index (κ3) is 2.31. The van der Waals surface area contributed by atoms with Crippen LogP contribution in [0.1, 0.15) is 11.7 Å². The number of methoxy groups -OCH3 is 1. The minimum atomic E-state index is -1.87. The molecule has 0 amide bonds. The Morgan fingerprint density at radius 1 is 1.62 bits per heavy atom. The smallest absolute Gasteiger partial charge is 0.339 e. The van der Waals surface area contributed by atoms with Crippen molar-refractivity contribution in [1.82, 2.24) is 0 Å². The van der Waals surface area contributed by atoms with Gasteiger partial charge in [0.15, 0.2) is 6.10 Å².